The summed E-state index contributed by atoms with van der Waals surface area (Å²) in [5, 5.41) is 12.1. The Morgan fingerprint density at radius 2 is 2.00 bits per heavy atom. The molecule has 0 radical (unpaired) electrons. The second-order valence-electron chi connectivity index (χ2n) is 4.95. The van der Waals surface area contributed by atoms with E-state index >= 15 is 0 Å². The number of aromatic carboxylic acids is 1. The molecular formula is C14H20N2O4. The summed E-state index contributed by atoms with van der Waals surface area (Å²) in [4.78, 5) is 25.1. The molecule has 0 bridgehead atoms. The molecule has 0 spiro atoms. The molecule has 1 aromatic heterocycles. The number of amides is 1. The van der Waals surface area contributed by atoms with Crippen molar-refractivity contribution < 1.29 is 19.1 Å². The summed E-state index contributed by atoms with van der Waals surface area (Å²) in [6.45, 7) is 4.48. The average Bonchev–Trinajstić information content (AvgIpc) is 2.95. The molecule has 1 amide bonds. The Kier molecular flexibility index (Phi) is 4.79. The number of rotatable bonds is 5. The summed E-state index contributed by atoms with van der Waals surface area (Å²) in [5.41, 5.74) is 0. The molecule has 2 N–H and O–H groups in total. The van der Waals surface area contributed by atoms with Gasteiger partial charge in [-0.1, -0.05) is 6.92 Å². The number of carbonyl (C=O) groups excluding carboxylic acids is 1. The lowest BCUT2D eigenvalue weighted by Crippen LogP contribution is -2.46. The van der Waals surface area contributed by atoms with Crippen LogP contribution in [-0.4, -0.2) is 47.6 Å². The predicted octanol–water partition coefficient (Wildman–Crippen LogP) is 1.58. The number of furan rings is 1. The molecule has 1 fully saturated rings. The minimum atomic E-state index is -1.16. The second kappa shape index (κ2) is 6.56. The standard InChI is InChI=1S/C14H20N2O4/c1-2-9-16(10-5-7-15-8-6-10)13(17)11-3-4-12(20-11)14(18)19/h3-4,10,15H,2,5-9H2,1H3,(H,18,19). The first kappa shape index (κ1) is 14.6. The van der Waals surface area contributed by atoms with Crippen LogP contribution >= 0.6 is 0 Å². The van der Waals surface area contributed by atoms with E-state index in [1.807, 2.05) is 11.8 Å². The van der Waals surface area contributed by atoms with Crippen molar-refractivity contribution in [2.45, 2.75) is 32.2 Å². The molecule has 2 heterocycles. The maximum absolute atomic E-state index is 12.5. The summed E-state index contributed by atoms with van der Waals surface area (Å²) >= 11 is 0. The van der Waals surface area contributed by atoms with Crippen molar-refractivity contribution in [3.8, 4) is 0 Å². The van der Waals surface area contributed by atoms with Crippen LogP contribution in [0.15, 0.2) is 16.5 Å². The van der Waals surface area contributed by atoms with Gasteiger partial charge in [0.2, 0.25) is 5.76 Å². The van der Waals surface area contributed by atoms with Crippen LogP contribution in [0.25, 0.3) is 0 Å². The first-order valence-electron chi connectivity index (χ1n) is 6.98. The monoisotopic (exact) mass is 280 g/mol. The Labute approximate surface area is 117 Å². The van der Waals surface area contributed by atoms with Gasteiger partial charge in [-0.05, 0) is 44.5 Å². The fourth-order valence-electron chi connectivity index (χ4n) is 2.52. The molecule has 0 aliphatic carbocycles. The zero-order valence-electron chi connectivity index (χ0n) is 11.6. The van der Waals surface area contributed by atoms with E-state index in [0.29, 0.717) is 6.54 Å². The smallest absolute Gasteiger partial charge is 0.371 e. The van der Waals surface area contributed by atoms with Gasteiger partial charge in [0.1, 0.15) is 0 Å². The van der Waals surface area contributed by atoms with Gasteiger partial charge in [0.05, 0.1) is 0 Å². The van der Waals surface area contributed by atoms with Crippen molar-refractivity contribution in [3.05, 3.63) is 23.7 Å². The van der Waals surface area contributed by atoms with Gasteiger partial charge in [-0.2, -0.15) is 0 Å². The summed E-state index contributed by atoms with van der Waals surface area (Å²) in [6.07, 6.45) is 2.69. The van der Waals surface area contributed by atoms with Crippen molar-refractivity contribution in [1.82, 2.24) is 10.2 Å². The van der Waals surface area contributed by atoms with Crippen molar-refractivity contribution in [1.29, 1.82) is 0 Å². The lowest BCUT2D eigenvalue weighted by molar-refractivity contribution is 0.0595. The molecule has 1 aromatic rings. The summed E-state index contributed by atoms with van der Waals surface area (Å²) in [7, 11) is 0. The third-order valence-corrected chi connectivity index (χ3v) is 3.50. The van der Waals surface area contributed by atoms with Crippen LogP contribution in [0.2, 0.25) is 0 Å². The highest BCUT2D eigenvalue weighted by Crippen LogP contribution is 2.18. The third kappa shape index (κ3) is 3.19. The Morgan fingerprint density at radius 1 is 1.35 bits per heavy atom. The van der Waals surface area contributed by atoms with E-state index in [2.05, 4.69) is 5.32 Å². The number of carboxylic acid groups (broad SMARTS) is 1. The fourth-order valence-corrected chi connectivity index (χ4v) is 2.52. The van der Waals surface area contributed by atoms with Crippen LogP contribution in [0.1, 0.15) is 47.3 Å². The van der Waals surface area contributed by atoms with Gasteiger partial charge >= 0.3 is 5.97 Å². The Bertz CT molecular complexity index is 477. The lowest BCUT2D eigenvalue weighted by Gasteiger charge is -2.34. The predicted molar refractivity (Wildman–Crippen MR) is 72.9 cm³/mol. The molecule has 0 unspecified atom stereocenters. The zero-order valence-corrected chi connectivity index (χ0v) is 11.6. The molecular weight excluding hydrogens is 260 g/mol. The largest absolute Gasteiger partial charge is 0.475 e. The minimum absolute atomic E-state index is 0.106. The van der Waals surface area contributed by atoms with E-state index in [4.69, 9.17) is 9.52 Å². The third-order valence-electron chi connectivity index (χ3n) is 3.50. The molecule has 0 saturated carbocycles. The summed E-state index contributed by atoms with van der Waals surface area (Å²) in [6, 6.07) is 2.96. The van der Waals surface area contributed by atoms with Gasteiger partial charge in [-0.25, -0.2) is 4.79 Å². The lowest BCUT2D eigenvalue weighted by atomic mass is 10.0. The van der Waals surface area contributed by atoms with Crippen LogP contribution < -0.4 is 5.32 Å². The molecule has 20 heavy (non-hydrogen) atoms. The topological polar surface area (TPSA) is 82.8 Å². The highest BCUT2D eigenvalue weighted by molar-refractivity contribution is 5.93. The number of carboxylic acids is 1. The van der Waals surface area contributed by atoms with Crippen LogP contribution in [-0.2, 0) is 0 Å². The van der Waals surface area contributed by atoms with Crippen molar-refractivity contribution >= 4 is 11.9 Å². The molecule has 1 saturated heterocycles. The Hall–Kier alpha value is -1.82. The fraction of sp³-hybridized carbons (Fsp3) is 0.571. The maximum Gasteiger partial charge on any atom is 0.371 e. The molecule has 6 heteroatoms. The molecule has 0 aromatic carbocycles. The Morgan fingerprint density at radius 3 is 2.55 bits per heavy atom. The zero-order chi connectivity index (χ0) is 14.5. The van der Waals surface area contributed by atoms with Crippen molar-refractivity contribution in [2.75, 3.05) is 19.6 Å². The minimum Gasteiger partial charge on any atom is -0.475 e. The maximum atomic E-state index is 12.5. The van der Waals surface area contributed by atoms with Crippen LogP contribution in [0.3, 0.4) is 0 Å². The van der Waals surface area contributed by atoms with Crippen LogP contribution in [0.4, 0.5) is 0 Å². The molecule has 1 aliphatic rings. The second-order valence-corrected chi connectivity index (χ2v) is 4.95. The number of carbonyl (C=O) groups is 2. The van der Waals surface area contributed by atoms with E-state index in [-0.39, 0.29) is 23.5 Å². The molecule has 6 nitrogen and oxygen atoms in total. The number of piperidine rings is 1. The van der Waals surface area contributed by atoms with Crippen molar-refractivity contribution in [3.63, 3.8) is 0 Å². The first-order valence-corrected chi connectivity index (χ1v) is 6.98. The van der Waals surface area contributed by atoms with Gasteiger partial charge in [-0.3, -0.25) is 4.79 Å². The Balaban J connectivity index is 2.14. The molecule has 1 aliphatic heterocycles. The molecule has 0 atom stereocenters. The van der Waals surface area contributed by atoms with Crippen molar-refractivity contribution in [2.24, 2.45) is 0 Å². The number of nitrogens with one attached hydrogen (secondary N) is 1. The first-order chi connectivity index (χ1) is 9.63. The number of hydrogen-bond acceptors (Lipinski definition) is 4. The summed E-state index contributed by atoms with van der Waals surface area (Å²) < 4.78 is 5.12. The normalized spacial score (nSPS) is 16.1. The number of nitrogens with zero attached hydrogens (tertiary/aromatic N) is 1. The molecule has 2 rings (SSSR count). The summed E-state index contributed by atoms with van der Waals surface area (Å²) in [5.74, 6) is -1.47. The van der Waals surface area contributed by atoms with Gasteiger partial charge in [0, 0.05) is 12.6 Å². The van der Waals surface area contributed by atoms with Gasteiger partial charge in [0.15, 0.2) is 5.76 Å². The van der Waals surface area contributed by atoms with E-state index in [9.17, 15) is 9.59 Å². The highest BCUT2D eigenvalue weighted by atomic mass is 16.4. The highest BCUT2D eigenvalue weighted by Gasteiger charge is 2.27. The average molecular weight is 280 g/mol. The quantitative estimate of drug-likeness (QED) is 0.855. The van der Waals surface area contributed by atoms with Gasteiger partial charge < -0.3 is 19.7 Å². The van der Waals surface area contributed by atoms with E-state index in [0.717, 1.165) is 32.4 Å². The van der Waals surface area contributed by atoms with Gasteiger partial charge in [-0.15, -0.1) is 0 Å². The molecule has 110 valence electrons. The van der Waals surface area contributed by atoms with Crippen LogP contribution in [0, 0.1) is 0 Å². The SMILES string of the molecule is CCCN(C(=O)c1ccc(C(=O)O)o1)C1CCNCC1. The van der Waals surface area contributed by atoms with E-state index < -0.39 is 5.97 Å². The van der Waals surface area contributed by atoms with Gasteiger partial charge in [0.25, 0.3) is 5.91 Å². The number of hydrogen-bond donors (Lipinski definition) is 2. The van der Waals surface area contributed by atoms with E-state index in [1.54, 1.807) is 0 Å². The van der Waals surface area contributed by atoms with E-state index in [1.165, 1.54) is 12.1 Å². The van der Waals surface area contributed by atoms with Crippen LogP contribution in [0.5, 0.6) is 0 Å².